The molecule has 7 heteroatoms. The number of ether oxygens (including phenoxy) is 1. The number of benzene rings is 1. The largest absolute Gasteiger partial charge is 0.481 e. The van der Waals surface area contributed by atoms with Crippen LogP contribution < -0.4 is 4.74 Å². The molecule has 0 saturated carbocycles. The zero-order chi connectivity index (χ0) is 20.2. The number of methoxy groups -OCH3 is 1. The number of aryl methyl sites for hydroxylation is 1. The highest BCUT2D eigenvalue weighted by Crippen LogP contribution is 2.24. The van der Waals surface area contributed by atoms with Crippen LogP contribution in [0.4, 0.5) is 0 Å². The molecule has 1 saturated heterocycles. The monoisotopic (exact) mass is 392 g/mol. The van der Waals surface area contributed by atoms with Crippen LogP contribution >= 0.6 is 0 Å². The Hall–Kier alpha value is -3.22. The third-order valence-electron chi connectivity index (χ3n) is 5.32. The summed E-state index contributed by atoms with van der Waals surface area (Å²) < 4.78 is 10.6. The van der Waals surface area contributed by atoms with E-state index in [0.717, 1.165) is 30.5 Å². The summed E-state index contributed by atoms with van der Waals surface area (Å²) in [5, 5.41) is 4.14. The van der Waals surface area contributed by atoms with Gasteiger partial charge < -0.3 is 14.2 Å². The summed E-state index contributed by atoms with van der Waals surface area (Å²) in [6.07, 6.45) is 4.23. The predicted octanol–water partition coefficient (Wildman–Crippen LogP) is 3.54. The third-order valence-corrected chi connectivity index (χ3v) is 5.32. The predicted molar refractivity (Wildman–Crippen MR) is 108 cm³/mol. The first-order valence-electron chi connectivity index (χ1n) is 9.82. The van der Waals surface area contributed by atoms with Crippen molar-refractivity contribution in [2.75, 3.05) is 20.2 Å². The lowest BCUT2D eigenvalue weighted by Gasteiger charge is -2.32. The fourth-order valence-electron chi connectivity index (χ4n) is 3.74. The van der Waals surface area contributed by atoms with E-state index >= 15 is 0 Å². The molecule has 0 N–H and O–H groups in total. The Bertz CT molecular complexity index is 984. The van der Waals surface area contributed by atoms with Crippen molar-refractivity contribution in [3.05, 3.63) is 59.6 Å². The lowest BCUT2D eigenvalue weighted by Crippen LogP contribution is -2.40. The zero-order valence-electron chi connectivity index (χ0n) is 16.7. The number of hydrogen-bond acceptors (Lipinski definition) is 6. The molecule has 4 rings (SSSR count). The number of hydrogen-bond donors (Lipinski definition) is 0. The Morgan fingerprint density at radius 1 is 1.28 bits per heavy atom. The van der Waals surface area contributed by atoms with Crippen LogP contribution in [0.25, 0.3) is 11.4 Å². The maximum atomic E-state index is 12.8. The highest BCUT2D eigenvalue weighted by Gasteiger charge is 2.26. The normalized spacial score (nSPS) is 16.6. The molecule has 0 bridgehead atoms. The molecule has 0 spiro atoms. The summed E-state index contributed by atoms with van der Waals surface area (Å²) in [7, 11) is 1.56. The average molecular weight is 392 g/mol. The first kappa shape index (κ1) is 19.1. The molecule has 150 valence electrons. The Labute approximate surface area is 169 Å². The molecular formula is C22H24N4O3. The lowest BCUT2D eigenvalue weighted by molar-refractivity contribution is 0.0667. The first-order valence-corrected chi connectivity index (χ1v) is 9.82. The van der Waals surface area contributed by atoms with Gasteiger partial charge in [0.25, 0.3) is 5.91 Å². The topological polar surface area (TPSA) is 81.4 Å². The Morgan fingerprint density at radius 3 is 2.90 bits per heavy atom. The summed E-state index contributed by atoms with van der Waals surface area (Å²) in [5.41, 5.74) is 2.67. The number of carbonyl (C=O) groups is 1. The molecule has 7 nitrogen and oxygen atoms in total. The molecule has 3 aromatic rings. The molecule has 3 heterocycles. The van der Waals surface area contributed by atoms with Crippen molar-refractivity contribution in [3.8, 4) is 17.3 Å². The van der Waals surface area contributed by atoms with Gasteiger partial charge in [0.2, 0.25) is 17.6 Å². The van der Waals surface area contributed by atoms with E-state index < -0.39 is 0 Å². The van der Waals surface area contributed by atoms with E-state index in [4.69, 9.17) is 9.26 Å². The van der Waals surface area contributed by atoms with Gasteiger partial charge in [-0.05, 0) is 37.3 Å². The highest BCUT2D eigenvalue weighted by molar-refractivity contribution is 5.94. The number of piperidine rings is 1. The maximum Gasteiger partial charge on any atom is 0.255 e. The fraction of sp³-hybridized carbons (Fsp3) is 0.364. The molecule has 1 fully saturated rings. The van der Waals surface area contributed by atoms with Gasteiger partial charge in [0.1, 0.15) is 0 Å². The average Bonchev–Trinajstić information content (AvgIpc) is 3.22. The molecule has 1 aliphatic rings. The zero-order valence-corrected chi connectivity index (χ0v) is 16.7. The van der Waals surface area contributed by atoms with Crippen molar-refractivity contribution in [2.24, 2.45) is 5.92 Å². The second-order valence-electron chi connectivity index (χ2n) is 7.38. The van der Waals surface area contributed by atoms with E-state index in [1.807, 2.05) is 36.1 Å². The van der Waals surface area contributed by atoms with Crippen molar-refractivity contribution in [2.45, 2.75) is 26.2 Å². The van der Waals surface area contributed by atoms with Crippen LogP contribution in [0, 0.1) is 12.8 Å². The summed E-state index contributed by atoms with van der Waals surface area (Å²) in [5.74, 6) is 2.03. The van der Waals surface area contributed by atoms with E-state index in [1.54, 1.807) is 25.4 Å². The first-order chi connectivity index (χ1) is 14.1. The van der Waals surface area contributed by atoms with E-state index in [2.05, 4.69) is 15.1 Å². The van der Waals surface area contributed by atoms with Crippen LogP contribution in [0.3, 0.4) is 0 Å². The molecule has 1 aromatic carbocycles. The Morgan fingerprint density at radius 2 is 2.14 bits per heavy atom. The third kappa shape index (κ3) is 4.29. The smallest absolute Gasteiger partial charge is 0.255 e. The van der Waals surface area contributed by atoms with Crippen LogP contribution in [-0.4, -0.2) is 46.1 Å². The van der Waals surface area contributed by atoms with E-state index in [-0.39, 0.29) is 5.91 Å². The Balaban J connectivity index is 1.41. The van der Waals surface area contributed by atoms with Crippen LogP contribution in [0.15, 0.2) is 47.1 Å². The van der Waals surface area contributed by atoms with Gasteiger partial charge in [-0.15, -0.1) is 0 Å². The Kier molecular flexibility index (Phi) is 5.55. The van der Waals surface area contributed by atoms with Crippen LogP contribution in [0.1, 0.15) is 34.7 Å². The number of amides is 1. The number of pyridine rings is 1. The fourth-order valence-corrected chi connectivity index (χ4v) is 3.74. The van der Waals surface area contributed by atoms with Gasteiger partial charge in [0.05, 0.1) is 12.7 Å². The van der Waals surface area contributed by atoms with Crippen molar-refractivity contribution in [1.29, 1.82) is 0 Å². The van der Waals surface area contributed by atoms with E-state index in [9.17, 15) is 4.79 Å². The van der Waals surface area contributed by atoms with Gasteiger partial charge in [-0.1, -0.05) is 29.4 Å². The van der Waals surface area contributed by atoms with Crippen molar-refractivity contribution in [1.82, 2.24) is 20.0 Å². The molecule has 0 aliphatic carbocycles. The molecule has 1 unspecified atom stereocenters. The number of nitrogens with zero attached hydrogens (tertiary/aromatic N) is 4. The standard InChI is InChI=1S/C22H24N4O3/c1-15-6-3-4-8-18(15)21-24-20(29-25-21)12-16-7-5-11-26(14-16)22(27)17-9-10-19(28-2)23-13-17/h3-4,6,8-10,13,16H,5,7,11-12,14H2,1-2H3. The molecule has 2 aromatic heterocycles. The minimum absolute atomic E-state index is 0.00372. The van der Waals surface area contributed by atoms with Gasteiger partial charge in [0, 0.05) is 37.3 Å². The lowest BCUT2D eigenvalue weighted by atomic mass is 9.94. The summed E-state index contributed by atoms with van der Waals surface area (Å²) in [6.45, 7) is 3.45. The van der Waals surface area contributed by atoms with Gasteiger partial charge in [-0.25, -0.2) is 4.98 Å². The van der Waals surface area contributed by atoms with Crippen LogP contribution in [0.2, 0.25) is 0 Å². The van der Waals surface area contributed by atoms with Crippen molar-refractivity contribution >= 4 is 5.91 Å². The van der Waals surface area contributed by atoms with Gasteiger partial charge in [0.15, 0.2) is 0 Å². The van der Waals surface area contributed by atoms with E-state index in [0.29, 0.717) is 42.0 Å². The van der Waals surface area contributed by atoms with Crippen molar-refractivity contribution in [3.63, 3.8) is 0 Å². The summed E-state index contributed by atoms with van der Waals surface area (Å²) in [4.78, 5) is 23.4. The molecular weight excluding hydrogens is 368 g/mol. The number of carbonyl (C=O) groups excluding carboxylic acids is 1. The number of likely N-dealkylation sites (tertiary alicyclic amines) is 1. The van der Waals surface area contributed by atoms with Gasteiger partial charge >= 0.3 is 0 Å². The molecule has 0 radical (unpaired) electrons. The second-order valence-corrected chi connectivity index (χ2v) is 7.38. The SMILES string of the molecule is COc1ccc(C(=O)N2CCCC(Cc3nc(-c4ccccc4C)no3)C2)cn1. The molecule has 29 heavy (non-hydrogen) atoms. The van der Waals surface area contributed by atoms with Crippen LogP contribution in [0.5, 0.6) is 5.88 Å². The highest BCUT2D eigenvalue weighted by atomic mass is 16.5. The summed E-state index contributed by atoms with van der Waals surface area (Å²) >= 11 is 0. The molecule has 1 atom stereocenters. The number of rotatable bonds is 5. The van der Waals surface area contributed by atoms with Gasteiger partial charge in [-0.2, -0.15) is 4.98 Å². The second kappa shape index (κ2) is 8.43. The van der Waals surface area contributed by atoms with Gasteiger partial charge in [-0.3, -0.25) is 4.79 Å². The summed E-state index contributed by atoms with van der Waals surface area (Å²) in [6, 6.07) is 11.4. The molecule has 1 amide bonds. The maximum absolute atomic E-state index is 12.8. The quantitative estimate of drug-likeness (QED) is 0.661. The molecule has 1 aliphatic heterocycles. The van der Waals surface area contributed by atoms with Crippen molar-refractivity contribution < 1.29 is 14.1 Å². The minimum Gasteiger partial charge on any atom is -0.481 e. The minimum atomic E-state index is -0.00372. The number of aromatic nitrogens is 3. The van der Waals surface area contributed by atoms with E-state index in [1.165, 1.54) is 0 Å². The van der Waals surface area contributed by atoms with Crippen LogP contribution in [-0.2, 0) is 6.42 Å².